The third kappa shape index (κ3) is 6.30. The molecule has 22 heavy (non-hydrogen) atoms. The number of ether oxygens (including phenoxy) is 2. The molecule has 112 valence electrons. The fraction of sp³-hybridized carbons (Fsp3) is 0.235. The fourth-order valence-corrected chi connectivity index (χ4v) is 1.95. The molecular formula is C17H19O4Rb. The van der Waals surface area contributed by atoms with Crippen molar-refractivity contribution < 1.29 is 19.4 Å². The Balaban J connectivity index is 0.00000242. The second kappa shape index (κ2) is 10.3. The average molecular weight is 373 g/mol. The van der Waals surface area contributed by atoms with E-state index in [-0.39, 0.29) is 58.2 Å². The van der Waals surface area contributed by atoms with E-state index in [2.05, 4.69) is 0 Å². The molecule has 0 aliphatic rings. The number of aliphatic carboxylic acids is 1. The second-order valence-corrected chi connectivity index (χ2v) is 4.68. The molecule has 0 amide bonds. The zero-order valence-electron chi connectivity index (χ0n) is 11.9. The summed E-state index contributed by atoms with van der Waals surface area (Å²) in [5, 5.41) is 8.95. The van der Waals surface area contributed by atoms with Crippen LogP contribution in [0.25, 0.3) is 0 Å². The molecule has 1 N–H and O–H groups in total. The molecule has 0 spiro atoms. The summed E-state index contributed by atoms with van der Waals surface area (Å²) in [5.41, 5.74) is 2.00. The first-order valence-corrected chi connectivity index (χ1v) is 6.70. The van der Waals surface area contributed by atoms with E-state index in [0.29, 0.717) is 13.0 Å². The van der Waals surface area contributed by atoms with Crippen LogP contribution in [0.2, 0.25) is 0 Å². The Kier molecular flexibility index (Phi) is 9.13. The van der Waals surface area contributed by atoms with Crippen LogP contribution in [-0.4, -0.2) is 82.5 Å². The summed E-state index contributed by atoms with van der Waals surface area (Å²) in [5.74, 6) is -0.200. The predicted octanol–water partition coefficient (Wildman–Crippen LogP) is 2.26. The van der Waals surface area contributed by atoms with E-state index in [9.17, 15) is 4.79 Å². The van der Waals surface area contributed by atoms with Gasteiger partial charge in [-0.2, -0.15) is 0 Å². The number of hydrogen-bond donors (Lipinski definition) is 1. The molecule has 0 aliphatic carbocycles. The summed E-state index contributed by atoms with van der Waals surface area (Å²) < 4.78 is 10.6. The van der Waals surface area contributed by atoms with Crippen LogP contribution in [0.4, 0.5) is 0 Å². The summed E-state index contributed by atoms with van der Waals surface area (Å²) in [6.07, 6.45) is -0.480. The van der Waals surface area contributed by atoms with Gasteiger partial charge < -0.3 is 14.6 Å². The van der Waals surface area contributed by atoms with Gasteiger partial charge in [-0.15, -0.1) is 0 Å². The van der Waals surface area contributed by atoms with E-state index in [1.165, 1.54) is 7.11 Å². The zero-order valence-corrected chi connectivity index (χ0v) is 11.9. The Bertz CT molecular complexity index is 569. The van der Waals surface area contributed by atoms with Crippen molar-refractivity contribution in [3.05, 3.63) is 65.7 Å². The summed E-state index contributed by atoms with van der Waals surface area (Å²) in [6.45, 7) is 0.510. The molecule has 0 saturated heterocycles. The van der Waals surface area contributed by atoms with Gasteiger partial charge in [0, 0.05) is 13.5 Å². The first-order chi connectivity index (χ1) is 10.2. The van der Waals surface area contributed by atoms with Crippen molar-refractivity contribution in [3.8, 4) is 5.75 Å². The van der Waals surface area contributed by atoms with E-state index in [0.717, 1.165) is 16.9 Å². The van der Waals surface area contributed by atoms with Crippen molar-refractivity contribution in [2.75, 3.05) is 7.11 Å². The first kappa shape index (κ1) is 19.5. The fourth-order valence-electron chi connectivity index (χ4n) is 1.95. The van der Waals surface area contributed by atoms with E-state index in [1.54, 1.807) is 0 Å². The topological polar surface area (TPSA) is 55.8 Å². The molecule has 5 heteroatoms. The monoisotopic (exact) mass is 372 g/mol. The molecule has 4 nitrogen and oxygen atoms in total. The van der Waals surface area contributed by atoms with Crippen LogP contribution in [0.5, 0.6) is 5.75 Å². The molecule has 0 aliphatic heterocycles. The number of methoxy groups -OCH3 is 1. The maximum atomic E-state index is 10.9. The number of carboxylic acids is 1. The summed E-state index contributed by atoms with van der Waals surface area (Å²) in [4.78, 5) is 10.9. The van der Waals surface area contributed by atoms with Crippen molar-refractivity contribution in [1.82, 2.24) is 0 Å². The predicted molar refractivity (Wildman–Crippen MR) is 86.5 cm³/mol. The van der Waals surface area contributed by atoms with Crippen molar-refractivity contribution in [2.24, 2.45) is 0 Å². The van der Waals surface area contributed by atoms with Crippen molar-refractivity contribution >= 4 is 64.2 Å². The summed E-state index contributed by atoms with van der Waals surface area (Å²) >= 11 is 0. The average Bonchev–Trinajstić information content (AvgIpc) is 2.52. The quantitative estimate of drug-likeness (QED) is 0.810. The molecule has 2 aromatic rings. The number of rotatable bonds is 7. The van der Waals surface area contributed by atoms with Crippen molar-refractivity contribution in [2.45, 2.75) is 19.1 Å². The Labute approximate surface area is 179 Å². The van der Waals surface area contributed by atoms with Gasteiger partial charge in [0.15, 0.2) is 6.10 Å². The normalized spacial score (nSPS) is 11.3. The van der Waals surface area contributed by atoms with Gasteiger partial charge in [-0.3, -0.25) is 0 Å². The van der Waals surface area contributed by atoms with Crippen LogP contribution in [0.1, 0.15) is 11.1 Å². The summed E-state index contributed by atoms with van der Waals surface area (Å²) in [6, 6.07) is 17.3. The van der Waals surface area contributed by atoms with Gasteiger partial charge >= 0.3 is 64.2 Å². The van der Waals surface area contributed by atoms with Crippen LogP contribution in [-0.2, 0) is 22.6 Å². The molecule has 0 heterocycles. The maximum absolute atomic E-state index is 10.9. The van der Waals surface area contributed by atoms with Gasteiger partial charge in [0.2, 0.25) is 0 Å². The standard InChI is InChI=1S/C17H18O4.Rb.H/c1-20-16(17(18)19)11-13-7-9-15(10-8-13)21-12-14-5-3-2-4-6-14;;/h2-10,16H,11-12H2,1H3,(H,18,19);;. The van der Waals surface area contributed by atoms with Crippen LogP contribution >= 0.6 is 0 Å². The van der Waals surface area contributed by atoms with Gasteiger partial charge in [0.1, 0.15) is 12.4 Å². The van der Waals surface area contributed by atoms with Gasteiger partial charge in [-0.1, -0.05) is 42.5 Å². The van der Waals surface area contributed by atoms with Crippen LogP contribution < -0.4 is 4.74 Å². The Morgan fingerprint density at radius 2 is 1.68 bits per heavy atom. The van der Waals surface area contributed by atoms with Gasteiger partial charge in [-0.05, 0) is 23.3 Å². The molecule has 0 saturated carbocycles. The first-order valence-electron chi connectivity index (χ1n) is 6.70. The minimum atomic E-state index is -0.957. The number of carbonyl (C=O) groups is 1. The zero-order chi connectivity index (χ0) is 15.1. The van der Waals surface area contributed by atoms with E-state index < -0.39 is 12.1 Å². The van der Waals surface area contributed by atoms with Crippen molar-refractivity contribution in [3.63, 3.8) is 0 Å². The molecule has 0 bridgehead atoms. The third-order valence-corrected chi connectivity index (χ3v) is 3.15. The van der Waals surface area contributed by atoms with Crippen LogP contribution in [0, 0.1) is 0 Å². The van der Waals surface area contributed by atoms with Crippen molar-refractivity contribution in [1.29, 1.82) is 0 Å². The third-order valence-electron chi connectivity index (χ3n) is 3.15. The Hall–Kier alpha value is -0.525. The van der Waals surface area contributed by atoms with E-state index in [4.69, 9.17) is 14.6 Å². The molecule has 0 radical (unpaired) electrons. The van der Waals surface area contributed by atoms with Gasteiger partial charge in [-0.25, -0.2) is 4.79 Å². The second-order valence-electron chi connectivity index (χ2n) is 4.68. The molecule has 2 aromatic carbocycles. The molecular weight excluding hydrogens is 354 g/mol. The van der Waals surface area contributed by atoms with Gasteiger partial charge in [0.05, 0.1) is 0 Å². The van der Waals surface area contributed by atoms with Crippen LogP contribution in [0.3, 0.4) is 0 Å². The van der Waals surface area contributed by atoms with E-state index in [1.807, 2.05) is 54.6 Å². The summed E-state index contributed by atoms with van der Waals surface area (Å²) in [7, 11) is 1.40. The number of carboxylic acid groups (broad SMARTS) is 1. The SMILES string of the molecule is COC(Cc1ccc(OCc2ccccc2)cc1)C(=O)O.[RbH]. The van der Waals surface area contributed by atoms with E-state index >= 15 is 0 Å². The minimum absolute atomic E-state index is 0. The molecule has 2 rings (SSSR count). The van der Waals surface area contributed by atoms with Crippen LogP contribution in [0.15, 0.2) is 54.6 Å². The number of benzene rings is 2. The Morgan fingerprint density at radius 1 is 1.05 bits per heavy atom. The van der Waals surface area contributed by atoms with Gasteiger partial charge in [0.25, 0.3) is 0 Å². The molecule has 0 aromatic heterocycles. The molecule has 1 atom stereocenters. The number of hydrogen-bond acceptors (Lipinski definition) is 3. The Morgan fingerprint density at radius 3 is 2.23 bits per heavy atom. The molecule has 1 unspecified atom stereocenters. The molecule has 0 fully saturated rings.